The summed E-state index contributed by atoms with van der Waals surface area (Å²) in [6.07, 6.45) is -1.80. The number of rotatable bonds is 5. The number of aromatic nitrogens is 6. The smallest absolute Gasteiger partial charge is 0.328 e. The van der Waals surface area contributed by atoms with Crippen LogP contribution in [0.4, 0.5) is 13.2 Å². The van der Waals surface area contributed by atoms with Crippen LogP contribution in [-0.4, -0.2) is 29.1 Å². The molecule has 4 heterocycles. The summed E-state index contributed by atoms with van der Waals surface area (Å²) in [5, 5.41) is 0.713. The number of alkyl halides is 3. The van der Waals surface area contributed by atoms with Gasteiger partial charge >= 0.3 is 6.18 Å². The topological polar surface area (TPSA) is 78.5 Å². The Hall–Kier alpha value is -4.38. The average molecular weight is 547 g/mol. The molecule has 0 unspecified atom stereocenters. The Balaban J connectivity index is 1.38. The number of benzene rings is 2. The average Bonchev–Trinajstić information content (AvgIpc) is 3.58. The van der Waals surface area contributed by atoms with Crippen LogP contribution in [-0.2, 0) is 12.7 Å². The van der Waals surface area contributed by atoms with Gasteiger partial charge in [-0.05, 0) is 37.6 Å². The minimum Gasteiger partial charge on any atom is -0.328 e. The van der Waals surface area contributed by atoms with Crippen LogP contribution >= 0.6 is 11.3 Å². The molecule has 196 valence electrons. The third kappa shape index (κ3) is 4.59. The zero-order valence-electron chi connectivity index (χ0n) is 20.8. The van der Waals surface area contributed by atoms with E-state index < -0.39 is 11.9 Å². The molecular weight excluding hydrogens is 525 g/mol. The molecule has 0 fully saturated rings. The highest BCUT2D eigenvalue weighted by molar-refractivity contribution is 7.17. The van der Waals surface area contributed by atoms with Crippen molar-refractivity contribution < 1.29 is 13.2 Å². The van der Waals surface area contributed by atoms with Crippen molar-refractivity contribution in [2.24, 2.45) is 0 Å². The molecule has 0 bridgehead atoms. The molecule has 4 aromatic heterocycles. The third-order valence-corrected chi connectivity index (χ3v) is 7.33. The number of pyridine rings is 1. The Morgan fingerprint density at radius 2 is 1.77 bits per heavy atom. The quantitative estimate of drug-likeness (QED) is 0.244. The van der Waals surface area contributed by atoms with Gasteiger partial charge in [-0.3, -0.25) is 9.36 Å². The fraction of sp³-hybridized carbons (Fsp3) is 0.179. The predicted molar refractivity (Wildman–Crippen MR) is 145 cm³/mol. The number of nitrogens with zero attached hydrogens (tertiary/aromatic N) is 6. The molecule has 0 amide bonds. The van der Waals surface area contributed by atoms with E-state index in [0.29, 0.717) is 22.4 Å². The van der Waals surface area contributed by atoms with Gasteiger partial charge in [-0.2, -0.15) is 13.2 Å². The lowest BCUT2D eigenvalue weighted by Crippen LogP contribution is -2.21. The highest BCUT2D eigenvalue weighted by Gasteiger charge is 2.35. The van der Waals surface area contributed by atoms with Gasteiger partial charge in [0.2, 0.25) is 0 Å². The summed E-state index contributed by atoms with van der Waals surface area (Å²) in [6.45, 7) is 3.83. The number of imidazole rings is 1. The fourth-order valence-electron chi connectivity index (χ4n) is 4.50. The monoisotopic (exact) mass is 546 g/mol. The largest absolute Gasteiger partial charge is 0.434 e. The Labute approximate surface area is 224 Å². The van der Waals surface area contributed by atoms with E-state index in [9.17, 15) is 18.0 Å². The summed E-state index contributed by atoms with van der Waals surface area (Å²) in [7, 11) is 0. The molecule has 0 atom stereocenters. The van der Waals surface area contributed by atoms with Crippen molar-refractivity contribution in [1.82, 2.24) is 29.1 Å². The van der Waals surface area contributed by atoms with Gasteiger partial charge in [-0.1, -0.05) is 30.3 Å². The maximum Gasteiger partial charge on any atom is 0.434 e. The summed E-state index contributed by atoms with van der Waals surface area (Å²) >= 11 is 1.50. The lowest BCUT2D eigenvalue weighted by atomic mass is 10.1. The molecule has 7 nitrogen and oxygen atoms in total. The van der Waals surface area contributed by atoms with Crippen LogP contribution < -0.4 is 5.56 Å². The molecule has 39 heavy (non-hydrogen) atoms. The predicted octanol–water partition coefficient (Wildman–Crippen LogP) is 6.58. The lowest BCUT2D eigenvalue weighted by Gasteiger charge is -2.13. The van der Waals surface area contributed by atoms with Crippen LogP contribution in [0.1, 0.15) is 31.1 Å². The summed E-state index contributed by atoms with van der Waals surface area (Å²) in [5.74, 6) is 0.730. The van der Waals surface area contributed by atoms with E-state index in [-0.39, 0.29) is 24.0 Å². The van der Waals surface area contributed by atoms with Crippen LogP contribution in [0.15, 0.2) is 77.3 Å². The second-order valence-corrected chi connectivity index (χ2v) is 10.2. The maximum atomic E-state index is 13.3. The van der Waals surface area contributed by atoms with E-state index in [1.165, 1.54) is 22.0 Å². The Morgan fingerprint density at radius 3 is 2.51 bits per heavy atom. The molecule has 6 aromatic rings. The lowest BCUT2D eigenvalue weighted by molar-refractivity contribution is -0.140. The minimum absolute atomic E-state index is 0.206. The van der Waals surface area contributed by atoms with Crippen molar-refractivity contribution in [2.45, 2.75) is 32.6 Å². The minimum atomic E-state index is -4.53. The molecule has 0 spiro atoms. The van der Waals surface area contributed by atoms with E-state index in [4.69, 9.17) is 4.98 Å². The van der Waals surface area contributed by atoms with Crippen LogP contribution in [0.25, 0.3) is 44.0 Å². The number of halogens is 3. The van der Waals surface area contributed by atoms with Gasteiger partial charge in [0.05, 0.1) is 22.3 Å². The van der Waals surface area contributed by atoms with Gasteiger partial charge in [0.15, 0.2) is 11.5 Å². The summed E-state index contributed by atoms with van der Waals surface area (Å²) in [6, 6.07) is 15.7. The maximum absolute atomic E-state index is 13.3. The van der Waals surface area contributed by atoms with Gasteiger partial charge in [-0.25, -0.2) is 19.9 Å². The number of fused-ring (bicyclic) bond motifs is 2. The molecule has 0 saturated heterocycles. The van der Waals surface area contributed by atoms with Gasteiger partial charge in [0.1, 0.15) is 11.5 Å². The first-order valence-corrected chi connectivity index (χ1v) is 13.0. The first-order valence-electron chi connectivity index (χ1n) is 12.1. The number of hydrogen-bond acceptors (Lipinski definition) is 6. The molecule has 0 radical (unpaired) electrons. The van der Waals surface area contributed by atoms with Gasteiger partial charge < -0.3 is 4.57 Å². The third-order valence-electron chi connectivity index (χ3n) is 6.45. The molecule has 2 aromatic carbocycles. The molecule has 0 N–H and O–H groups in total. The van der Waals surface area contributed by atoms with Crippen LogP contribution in [0.3, 0.4) is 0 Å². The Bertz CT molecular complexity index is 1890. The van der Waals surface area contributed by atoms with Crippen molar-refractivity contribution in [3.63, 3.8) is 0 Å². The van der Waals surface area contributed by atoms with Crippen molar-refractivity contribution in [3.8, 4) is 22.8 Å². The first kappa shape index (κ1) is 24.9. The van der Waals surface area contributed by atoms with Crippen LogP contribution in [0.2, 0.25) is 0 Å². The standard InChI is InChI=1S/C28H21F3N6OS/c1-16(2)36-14-22(28(29,30)31)34-26(36)18-8-6-17(7-9-18)13-37-23(38)11-10-19-12-32-25(35-27(19)37)20-4-3-5-21-24(20)39-15-33-21/h3-12,14-16H,13H2,1-2H3. The zero-order valence-corrected chi connectivity index (χ0v) is 21.7. The van der Waals surface area contributed by atoms with Crippen molar-refractivity contribution in [1.29, 1.82) is 0 Å². The van der Waals surface area contributed by atoms with Gasteiger partial charge in [-0.15, -0.1) is 11.3 Å². The highest BCUT2D eigenvalue weighted by atomic mass is 32.1. The van der Waals surface area contributed by atoms with Crippen LogP contribution in [0.5, 0.6) is 0 Å². The summed E-state index contributed by atoms with van der Waals surface area (Å²) in [4.78, 5) is 30.5. The van der Waals surface area contributed by atoms with Crippen molar-refractivity contribution in [2.75, 3.05) is 0 Å². The molecule has 11 heteroatoms. The molecule has 6 rings (SSSR count). The Morgan fingerprint density at radius 1 is 0.974 bits per heavy atom. The molecule has 0 saturated carbocycles. The number of thiazole rings is 1. The molecule has 0 aliphatic rings. The summed E-state index contributed by atoms with van der Waals surface area (Å²) < 4.78 is 44.0. The van der Waals surface area contributed by atoms with E-state index >= 15 is 0 Å². The first-order chi connectivity index (χ1) is 18.7. The van der Waals surface area contributed by atoms with E-state index in [1.54, 1.807) is 60.5 Å². The number of hydrogen-bond donors (Lipinski definition) is 0. The second-order valence-electron chi connectivity index (χ2n) is 9.38. The Kier molecular flexibility index (Phi) is 6.02. The van der Waals surface area contributed by atoms with Crippen molar-refractivity contribution in [3.05, 3.63) is 94.1 Å². The van der Waals surface area contributed by atoms with E-state index in [1.807, 2.05) is 18.2 Å². The molecular formula is C28H21F3N6OS. The van der Waals surface area contributed by atoms with E-state index in [2.05, 4.69) is 15.0 Å². The zero-order chi connectivity index (χ0) is 27.3. The molecule has 0 aliphatic carbocycles. The molecule has 0 aliphatic heterocycles. The van der Waals surface area contributed by atoms with Crippen LogP contribution in [0, 0.1) is 0 Å². The highest BCUT2D eigenvalue weighted by Crippen LogP contribution is 2.33. The normalized spacial score (nSPS) is 12.2. The SMILES string of the molecule is CC(C)n1cc(C(F)(F)F)nc1-c1ccc(Cn2c(=O)ccc3cnc(-c4cccc5ncsc45)nc32)cc1. The van der Waals surface area contributed by atoms with Gasteiger partial charge in [0, 0.05) is 41.0 Å². The van der Waals surface area contributed by atoms with E-state index in [0.717, 1.165) is 27.5 Å². The fourth-order valence-corrected chi connectivity index (χ4v) is 5.29. The van der Waals surface area contributed by atoms with Gasteiger partial charge in [0.25, 0.3) is 5.56 Å². The summed E-state index contributed by atoms with van der Waals surface area (Å²) in [5.41, 5.74) is 4.14. The second kappa shape index (κ2) is 9.42. The van der Waals surface area contributed by atoms with Crippen molar-refractivity contribution >= 4 is 32.6 Å².